The third-order valence-electron chi connectivity index (χ3n) is 2.66. The third kappa shape index (κ3) is 5.41. The zero-order valence-corrected chi connectivity index (χ0v) is 12.5. The van der Waals surface area contributed by atoms with Crippen LogP contribution in [0, 0.1) is 5.82 Å². The summed E-state index contributed by atoms with van der Waals surface area (Å²) < 4.78 is 44.5. The minimum absolute atomic E-state index is 0.0613. The fourth-order valence-electron chi connectivity index (χ4n) is 1.52. The molecule has 0 unspecified atom stereocenters. The maximum Gasteiger partial charge on any atom is 0.338 e. The van der Waals surface area contributed by atoms with Gasteiger partial charge < -0.3 is 9.84 Å². The molecule has 8 heteroatoms. The summed E-state index contributed by atoms with van der Waals surface area (Å²) in [7, 11) is -3.89. The zero-order chi connectivity index (χ0) is 15.9. The molecule has 0 spiro atoms. The second-order valence-electron chi connectivity index (χ2n) is 4.31. The quantitative estimate of drug-likeness (QED) is 0.675. The Bertz CT molecular complexity index is 588. The molecular formula is C13H18FNO5S. The largest absolute Gasteiger partial charge is 0.478 e. The highest BCUT2D eigenvalue weighted by Gasteiger charge is 2.18. The molecular weight excluding hydrogens is 301 g/mol. The molecule has 0 heterocycles. The molecule has 1 rings (SSSR count). The highest BCUT2D eigenvalue weighted by Crippen LogP contribution is 2.15. The van der Waals surface area contributed by atoms with Crippen LogP contribution in [0.3, 0.4) is 0 Å². The summed E-state index contributed by atoms with van der Waals surface area (Å²) in [6, 6.07) is 2.62. The summed E-state index contributed by atoms with van der Waals surface area (Å²) in [5.74, 6) is -2.50. The number of halogens is 1. The molecule has 0 amide bonds. The standard InChI is InChI=1S/C13H18FNO5S/c1-2-3-7-20-8-6-15-21(18,19)10-4-5-12(14)11(9-10)13(16)17/h4-5,9,15H,2-3,6-8H2,1H3,(H,16,17). The second-order valence-corrected chi connectivity index (χ2v) is 6.08. The molecule has 0 fully saturated rings. The smallest absolute Gasteiger partial charge is 0.338 e. The fourth-order valence-corrected chi connectivity index (χ4v) is 2.55. The Kier molecular flexibility index (Phi) is 6.73. The molecule has 1 aromatic rings. The Morgan fingerprint density at radius 1 is 1.38 bits per heavy atom. The molecule has 0 radical (unpaired) electrons. The number of carboxylic acid groups (broad SMARTS) is 1. The van der Waals surface area contributed by atoms with E-state index in [0.29, 0.717) is 6.61 Å². The van der Waals surface area contributed by atoms with Crippen LogP contribution in [0.2, 0.25) is 0 Å². The van der Waals surface area contributed by atoms with Crippen molar-refractivity contribution in [1.29, 1.82) is 0 Å². The Balaban J connectivity index is 2.66. The number of sulfonamides is 1. The van der Waals surface area contributed by atoms with E-state index in [9.17, 15) is 17.6 Å². The van der Waals surface area contributed by atoms with Gasteiger partial charge in [0.2, 0.25) is 10.0 Å². The molecule has 118 valence electrons. The molecule has 0 aliphatic rings. The van der Waals surface area contributed by atoms with Gasteiger partial charge in [0.15, 0.2) is 0 Å². The summed E-state index contributed by atoms with van der Waals surface area (Å²) in [6.45, 7) is 2.84. The number of nitrogens with one attached hydrogen (secondary N) is 1. The van der Waals surface area contributed by atoms with Crippen molar-refractivity contribution >= 4 is 16.0 Å². The topological polar surface area (TPSA) is 92.7 Å². The van der Waals surface area contributed by atoms with E-state index in [-0.39, 0.29) is 18.0 Å². The highest BCUT2D eigenvalue weighted by molar-refractivity contribution is 7.89. The first-order chi connectivity index (χ1) is 9.88. The van der Waals surface area contributed by atoms with Gasteiger partial charge in [-0.15, -0.1) is 0 Å². The van der Waals surface area contributed by atoms with Gasteiger partial charge in [0.1, 0.15) is 5.82 Å². The normalized spacial score (nSPS) is 11.5. The van der Waals surface area contributed by atoms with Gasteiger partial charge in [0.25, 0.3) is 0 Å². The molecule has 0 saturated heterocycles. The maximum absolute atomic E-state index is 13.2. The first-order valence-corrected chi connectivity index (χ1v) is 7.97. The van der Waals surface area contributed by atoms with Gasteiger partial charge in [-0.3, -0.25) is 0 Å². The average Bonchev–Trinajstić information content (AvgIpc) is 2.42. The highest BCUT2D eigenvalue weighted by atomic mass is 32.2. The predicted octanol–water partition coefficient (Wildman–Crippen LogP) is 1.62. The van der Waals surface area contributed by atoms with Gasteiger partial charge in [-0.2, -0.15) is 0 Å². The van der Waals surface area contributed by atoms with Crippen molar-refractivity contribution in [1.82, 2.24) is 4.72 Å². The van der Waals surface area contributed by atoms with Crippen LogP contribution in [0.15, 0.2) is 23.1 Å². The van der Waals surface area contributed by atoms with Gasteiger partial charge >= 0.3 is 5.97 Å². The van der Waals surface area contributed by atoms with Gasteiger partial charge in [-0.1, -0.05) is 13.3 Å². The maximum atomic E-state index is 13.2. The van der Waals surface area contributed by atoms with Crippen molar-refractivity contribution in [3.8, 4) is 0 Å². The first kappa shape index (κ1) is 17.5. The number of ether oxygens (including phenoxy) is 1. The van der Waals surface area contributed by atoms with E-state index in [4.69, 9.17) is 9.84 Å². The van der Waals surface area contributed by atoms with Crippen molar-refractivity contribution in [2.45, 2.75) is 24.7 Å². The van der Waals surface area contributed by atoms with Gasteiger partial charge in [0, 0.05) is 13.2 Å². The summed E-state index contributed by atoms with van der Waals surface area (Å²) in [6.07, 6.45) is 1.88. The van der Waals surface area contributed by atoms with E-state index in [0.717, 1.165) is 31.0 Å². The fraction of sp³-hybridized carbons (Fsp3) is 0.462. The number of aromatic carboxylic acids is 1. The number of rotatable bonds is 9. The van der Waals surface area contributed by atoms with E-state index >= 15 is 0 Å². The van der Waals surface area contributed by atoms with Crippen molar-refractivity contribution in [2.24, 2.45) is 0 Å². The Hall–Kier alpha value is -1.51. The molecule has 0 atom stereocenters. The number of unbranched alkanes of at least 4 members (excludes halogenated alkanes) is 1. The molecule has 2 N–H and O–H groups in total. The lowest BCUT2D eigenvalue weighted by Crippen LogP contribution is -2.27. The van der Waals surface area contributed by atoms with E-state index in [1.54, 1.807) is 0 Å². The monoisotopic (exact) mass is 319 g/mol. The Morgan fingerprint density at radius 2 is 2.10 bits per heavy atom. The lowest BCUT2D eigenvalue weighted by Gasteiger charge is -2.08. The van der Waals surface area contributed by atoms with Crippen molar-refractivity contribution < 1.29 is 27.4 Å². The summed E-state index contributed by atoms with van der Waals surface area (Å²) >= 11 is 0. The zero-order valence-electron chi connectivity index (χ0n) is 11.6. The minimum Gasteiger partial charge on any atom is -0.478 e. The summed E-state index contributed by atoms with van der Waals surface area (Å²) in [4.78, 5) is 10.5. The lowest BCUT2D eigenvalue weighted by atomic mass is 10.2. The van der Waals surface area contributed by atoms with Crippen LogP contribution in [0.4, 0.5) is 4.39 Å². The molecule has 0 saturated carbocycles. The van der Waals surface area contributed by atoms with Crippen molar-refractivity contribution in [3.63, 3.8) is 0 Å². The molecule has 1 aromatic carbocycles. The Morgan fingerprint density at radius 3 is 2.71 bits per heavy atom. The van der Waals surface area contributed by atoms with Crippen LogP contribution in [0.5, 0.6) is 0 Å². The SMILES string of the molecule is CCCCOCCNS(=O)(=O)c1ccc(F)c(C(=O)O)c1. The molecule has 0 aliphatic heterocycles. The van der Waals surface area contributed by atoms with Gasteiger partial charge in [-0.25, -0.2) is 22.3 Å². The third-order valence-corrected chi connectivity index (χ3v) is 4.12. The van der Waals surface area contributed by atoms with Crippen LogP contribution in [0.25, 0.3) is 0 Å². The second kappa shape index (κ2) is 8.06. The lowest BCUT2D eigenvalue weighted by molar-refractivity contribution is 0.0691. The first-order valence-electron chi connectivity index (χ1n) is 6.48. The number of carbonyl (C=O) groups is 1. The average molecular weight is 319 g/mol. The van der Waals surface area contributed by atoms with Gasteiger partial charge in [0.05, 0.1) is 17.1 Å². The van der Waals surface area contributed by atoms with Crippen LogP contribution >= 0.6 is 0 Å². The van der Waals surface area contributed by atoms with Crippen LogP contribution in [0.1, 0.15) is 30.1 Å². The van der Waals surface area contributed by atoms with Gasteiger partial charge in [-0.05, 0) is 24.6 Å². The van der Waals surface area contributed by atoms with Crippen molar-refractivity contribution in [2.75, 3.05) is 19.8 Å². The number of hydrogen-bond donors (Lipinski definition) is 2. The number of benzene rings is 1. The number of carboxylic acids is 1. The molecule has 0 aromatic heterocycles. The number of hydrogen-bond acceptors (Lipinski definition) is 4. The van der Waals surface area contributed by atoms with E-state index in [1.807, 2.05) is 6.92 Å². The van der Waals surface area contributed by atoms with E-state index in [1.165, 1.54) is 0 Å². The van der Waals surface area contributed by atoms with Crippen LogP contribution < -0.4 is 4.72 Å². The summed E-state index contributed by atoms with van der Waals surface area (Å²) in [5.41, 5.74) is -0.683. The van der Waals surface area contributed by atoms with Crippen LogP contribution in [-0.2, 0) is 14.8 Å². The molecule has 21 heavy (non-hydrogen) atoms. The van der Waals surface area contributed by atoms with Crippen molar-refractivity contribution in [3.05, 3.63) is 29.6 Å². The van der Waals surface area contributed by atoms with E-state index in [2.05, 4.69) is 4.72 Å². The minimum atomic E-state index is -3.89. The Labute approximate surface area is 123 Å². The van der Waals surface area contributed by atoms with E-state index < -0.39 is 27.4 Å². The molecule has 6 nitrogen and oxygen atoms in total. The summed E-state index contributed by atoms with van der Waals surface area (Å²) in [5, 5.41) is 8.78. The molecule has 0 bridgehead atoms. The predicted molar refractivity (Wildman–Crippen MR) is 74.3 cm³/mol. The van der Waals surface area contributed by atoms with Crippen LogP contribution in [-0.4, -0.2) is 39.3 Å². The molecule has 0 aliphatic carbocycles.